The lowest BCUT2D eigenvalue weighted by Crippen LogP contribution is -2.05. The topological polar surface area (TPSA) is 70.5 Å². The molecule has 0 aliphatic carbocycles. The number of carbonyl (C=O) groups excluding carboxylic acids is 1. The van der Waals surface area contributed by atoms with Gasteiger partial charge in [-0.25, -0.2) is 14.8 Å². The number of benzene rings is 1. The predicted octanol–water partition coefficient (Wildman–Crippen LogP) is 3.16. The molecule has 6 nitrogen and oxygen atoms in total. The summed E-state index contributed by atoms with van der Waals surface area (Å²) in [6.45, 7) is 0.102. The average Bonchev–Trinajstić information content (AvgIpc) is 2.54. The van der Waals surface area contributed by atoms with E-state index in [0.717, 1.165) is 0 Å². The molecule has 1 aromatic heterocycles. The largest absolute Gasteiger partial charge is 0.495 e. The maximum Gasteiger partial charge on any atom is 0.337 e. The minimum atomic E-state index is -0.494. The molecule has 0 amide bonds. The number of nitrogens with zero attached hydrogens (tertiary/aromatic N) is 2. The molecule has 0 aliphatic rings. The highest BCUT2D eigenvalue weighted by Gasteiger charge is 2.15. The van der Waals surface area contributed by atoms with E-state index in [-0.39, 0.29) is 11.9 Å². The van der Waals surface area contributed by atoms with Gasteiger partial charge in [0, 0.05) is 5.56 Å². The quantitative estimate of drug-likeness (QED) is 0.614. The molecular weight excluding hydrogens is 331 g/mol. The molecule has 22 heavy (non-hydrogen) atoms. The Morgan fingerprint density at radius 1 is 1.18 bits per heavy atom. The van der Waals surface area contributed by atoms with E-state index in [1.54, 1.807) is 6.07 Å². The molecule has 0 atom stereocenters. The zero-order valence-electron chi connectivity index (χ0n) is 11.8. The van der Waals surface area contributed by atoms with Crippen LogP contribution in [0.2, 0.25) is 10.3 Å². The Balaban J connectivity index is 2.25. The van der Waals surface area contributed by atoms with Crippen LogP contribution in [-0.2, 0) is 11.3 Å². The second-order valence-electron chi connectivity index (χ2n) is 4.12. The van der Waals surface area contributed by atoms with E-state index in [9.17, 15) is 4.79 Å². The van der Waals surface area contributed by atoms with Crippen molar-refractivity contribution in [1.82, 2.24) is 9.97 Å². The number of aromatic nitrogens is 2. The summed E-state index contributed by atoms with van der Waals surface area (Å²) in [7, 11) is 2.75. The Labute approximate surface area is 136 Å². The third-order valence-electron chi connectivity index (χ3n) is 2.75. The summed E-state index contributed by atoms with van der Waals surface area (Å²) in [6, 6.07) is 3.08. The molecule has 0 unspecified atom stereocenters. The Kier molecular flexibility index (Phi) is 5.41. The van der Waals surface area contributed by atoms with Crippen molar-refractivity contribution in [2.75, 3.05) is 14.2 Å². The lowest BCUT2D eigenvalue weighted by atomic mass is 10.1. The fraction of sp³-hybridized carbons (Fsp3) is 0.214. The predicted molar refractivity (Wildman–Crippen MR) is 80.7 cm³/mol. The SMILES string of the molecule is COC(=O)c1cc(COc2cnc(Cl)nc2)c(Cl)c(OC)c1. The molecule has 8 heteroatoms. The fourth-order valence-corrected chi connectivity index (χ4v) is 2.02. The molecule has 0 fully saturated rings. The molecule has 0 aliphatic heterocycles. The normalized spacial score (nSPS) is 10.2. The highest BCUT2D eigenvalue weighted by Crippen LogP contribution is 2.31. The van der Waals surface area contributed by atoms with Crippen molar-refractivity contribution in [3.63, 3.8) is 0 Å². The van der Waals surface area contributed by atoms with E-state index in [1.807, 2.05) is 0 Å². The van der Waals surface area contributed by atoms with Gasteiger partial charge in [-0.05, 0) is 23.7 Å². The number of esters is 1. The van der Waals surface area contributed by atoms with E-state index < -0.39 is 5.97 Å². The van der Waals surface area contributed by atoms with Gasteiger partial charge in [-0.2, -0.15) is 0 Å². The first kappa shape index (κ1) is 16.3. The van der Waals surface area contributed by atoms with Gasteiger partial charge >= 0.3 is 5.97 Å². The minimum absolute atomic E-state index is 0.102. The monoisotopic (exact) mass is 342 g/mol. The number of rotatable bonds is 5. The van der Waals surface area contributed by atoms with Crippen LogP contribution >= 0.6 is 23.2 Å². The summed E-state index contributed by atoms with van der Waals surface area (Å²) in [5.74, 6) is 0.282. The highest BCUT2D eigenvalue weighted by atomic mass is 35.5. The highest BCUT2D eigenvalue weighted by molar-refractivity contribution is 6.33. The van der Waals surface area contributed by atoms with Crippen LogP contribution in [-0.4, -0.2) is 30.2 Å². The number of carbonyl (C=O) groups is 1. The number of methoxy groups -OCH3 is 2. The van der Waals surface area contributed by atoms with Gasteiger partial charge in [0.25, 0.3) is 0 Å². The molecule has 116 valence electrons. The molecule has 0 bridgehead atoms. The molecule has 0 spiro atoms. The van der Waals surface area contributed by atoms with Crippen molar-refractivity contribution in [3.8, 4) is 11.5 Å². The number of halogens is 2. The first-order valence-electron chi connectivity index (χ1n) is 6.10. The molecule has 0 radical (unpaired) electrons. The Morgan fingerprint density at radius 2 is 1.86 bits per heavy atom. The van der Waals surface area contributed by atoms with Crippen LogP contribution in [0.4, 0.5) is 0 Å². The molecule has 1 heterocycles. The lowest BCUT2D eigenvalue weighted by Gasteiger charge is -2.12. The summed E-state index contributed by atoms with van der Waals surface area (Å²) >= 11 is 11.8. The third-order valence-corrected chi connectivity index (χ3v) is 3.37. The van der Waals surface area contributed by atoms with E-state index in [1.165, 1.54) is 32.7 Å². The molecule has 0 saturated heterocycles. The third kappa shape index (κ3) is 3.78. The van der Waals surface area contributed by atoms with Gasteiger partial charge in [0.15, 0.2) is 5.75 Å². The van der Waals surface area contributed by atoms with Crippen LogP contribution in [0.3, 0.4) is 0 Å². The summed E-state index contributed by atoms with van der Waals surface area (Å²) in [5.41, 5.74) is 0.881. The van der Waals surface area contributed by atoms with Crippen molar-refractivity contribution in [2.24, 2.45) is 0 Å². The first-order chi connectivity index (χ1) is 10.5. The van der Waals surface area contributed by atoms with Crippen LogP contribution in [0.1, 0.15) is 15.9 Å². The number of ether oxygens (including phenoxy) is 3. The maximum atomic E-state index is 11.7. The van der Waals surface area contributed by atoms with Gasteiger partial charge in [0.1, 0.15) is 12.4 Å². The number of hydrogen-bond acceptors (Lipinski definition) is 6. The standard InChI is InChI=1S/C14H12Cl2N2O4/c1-20-11-4-8(13(19)21-2)3-9(12(11)15)7-22-10-5-17-14(16)18-6-10/h3-6H,7H2,1-2H3. The zero-order valence-corrected chi connectivity index (χ0v) is 13.3. The van der Waals surface area contributed by atoms with E-state index >= 15 is 0 Å². The molecule has 0 saturated carbocycles. The Morgan fingerprint density at radius 3 is 2.45 bits per heavy atom. The van der Waals surface area contributed by atoms with Gasteiger partial charge in [-0.1, -0.05) is 11.6 Å². The molecule has 2 aromatic rings. The van der Waals surface area contributed by atoms with E-state index in [2.05, 4.69) is 9.97 Å². The average molecular weight is 343 g/mol. The van der Waals surface area contributed by atoms with Gasteiger partial charge in [0.2, 0.25) is 5.28 Å². The second-order valence-corrected chi connectivity index (χ2v) is 4.84. The zero-order chi connectivity index (χ0) is 16.1. The van der Waals surface area contributed by atoms with Crippen molar-refractivity contribution < 1.29 is 19.0 Å². The lowest BCUT2D eigenvalue weighted by molar-refractivity contribution is 0.0600. The van der Waals surface area contributed by atoms with Crippen LogP contribution in [0.5, 0.6) is 11.5 Å². The van der Waals surface area contributed by atoms with Gasteiger partial charge in [-0.3, -0.25) is 0 Å². The van der Waals surface area contributed by atoms with Gasteiger partial charge in [-0.15, -0.1) is 0 Å². The van der Waals surface area contributed by atoms with Crippen LogP contribution in [0.15, 0.2) is 24.5 Å². The molecule has 0 N–H and O–H groups in total. The van der Waals surface area contributed by atoms with Crippen molar-refractivity contribution in [3.05, 3.63) is 46.0 Å². The summed E-state index contributed by atoms with van der Waals surface area (Å²) in [5, 5.41) is 0.477. The Hall–Kier alpha value is -2.05. The first-order valence-corrected chi connectivity index (χ1v) is 6.85. The molecular formula is C14H12Cl2N2O4. The number of hydrogen-bond donors (Lipinski definition) is 0. The van der Waals surface area contributed by atoms with Gasteiger partial charge in [0.05, 0.1) is 37.2 Å². The van der Waals surface area contributed by atoms with E-state index in [0.29, 0.717) is 27.6 Å². The fourth-order valence-electron chi connectivity index (χ4n) is 1.68. The molecule has 2 rings (SSSR count). The summed E-state index contributed by atoms with van der Waals surface area (Å²) in [4.78, 5) is 19.3. The van der Waals surface area contributed by atoms with Gasteiger partial charge < -0.3 is 14.2 Å². The van der Waals surface area contributed by atoms with Crippen molar-refractivity contribution in [2.45, 2.75) is 6.61 Å². The van der Waals surface area contributed by atoms with Crippen LogP contribution < -0.4 is 9.47 Å². The summed E-state index contributed by atoms with van der Waals surface area (Å²) in [6.07, 6.45) is 2.87. The van der Waals surface area contributed by atoms with Crippen LogP contribution in [0.25, 0.3) is 0 Å². The smallest absolute Gasteiger partial charge is 0.337 e. The maximum absolute atomic E-state index is 11.7. The van der Waals surface area contributed by atoms with Crippen molar-refractivity contribution in [1.29, 1.82) is 0 Å². The Bertz CT molecular complexity index is 677. The summed E-state index contributed by atoms with van der Waals surface area (Å²) < 4.78 is 15.4. The van der Waals surface area contributed by atoms with Crippen LogP contribution in [0, 0.1) is 0 Å². The molecule has 1 aromatic carbocycles. The second kappa shape index (κ2) is 7.29. The van der Waals surface area contributed by atoms with Crippen molar-refractivity contribution >= 4 is 29.2 Å². The van der Waals surface area contributed by atoms with E-state index in [4.69, 9.17) is 37.4 Å². The minimum Gasteiger partial charge on any atom is -0.495 e.